The SMILES string of the molecule is CCc1ccc(-c2csc(C(C#N)=CNc3cc(Cl)ccc3C)n2)cc1. The lowest BCUT2D eigenvalue weighted by atomic mass is 10.1. The Morgan fingerprint density at radius 3 is 2.73 bits per heavy atom. The third-order valence-electron chi connectivity index (χ3n) is 4.08. The normalized spacial score (nSPS) is 11.2. The van der Waals surface area contributed by atoms with E-state index in [2.05, 4.69) is 47.6 Å². The highest BCUT2D eigenvalue weighted by atomic mass is 35.5. The fourth-order valence-electron chi connectivity index (χ4n) is 2.48. The van der Waals surface area contributed by atoms with Crippen molar-refractivity contribution in [1.82, 2.24) is 4.98 Å². The summed E-state index contributed by atoms with van der Waals surface area (Å²) in [4.78, 5) is 4.62. The summed E-state index contributed by atoms with van der Waals surface area (Å²) in [5.74, 6) is 0. The molecule has 0 fully saturated rings. The molecule has 2 aromatic carbocycles. The Bertz CT molecular complexity index is 981. The van der Waals surface area contributed by atoms with Crippen LogP contribution in [0.2, 0.25) is 5.02 Å². The van der Waals surface area contributed by atoms with Gasteiger partial charge in [-0.2, -0.15) is 5.26 Å². The second-order valence-corrected chi connectivity index (χ2v) is 7.16. The number of benzene rings is 2. The molecule has 0 radical (unpaired) electrons. The maximum atomic E-state index is 9.51. The van der Waals surface area contributed by atoms with E-state index in [0.717, 1.165) is 28.9 Å². The van der Waals surface area contributed by atoms with Crippen LogP contribution in [0.25, 0.3) is 16.8 Å². The number of thiazole rings is 1. The zero-order valence-corrected chi connectivity index (χ0v) is 16.2. The number of hydrogen-bond donors (Lipinski definition) is 1. The molecule has 0 bridgehead atoms. The molecule has 0 aliphatic heterocycles. The monoisotopic (exact) mass is 379 g/mol. The number of rotatable bonds is 5. The first-order chi connectivity index (χ1) is 12.6. The van der Waals surface area contributed by atoms with Crippen LogP contribution in [-0.2, 0) is 6.42 Å². The first-order valence-electron chi connectivity index (χ1n) is 8.29. The molecule has 0 spiro atoms. The number of allylic oxidation sites excluding steroid dienone is 1. The Labute approximate surface area is 162 Å². The zero-order chi connectivity index (χ0) is 18.5. The molecule has 1 N–H and O–H groups in total. The summed E-state index contributed by atoms with van der Waals surface area (Å²) in [5, 5.41) is 16.0. The van der Waals surface area contributed by atoms with E-state index >= 15 is 0 Å². The summed E-state index contributed by atoms with van der Waals surface area (Å²) < 4.78 is 0. The van der Waals surface area contributed by atoms with Gasteiger partial charge in [0.15, 0.2) is 0 Å². The lowest BCUT2D eigenvalue weighted by molar-refractivity contribution is 1.14. The van der Waals surface area contributed by atoms with Crippen molar-refractivity contribution in [2.45, 2.75) is 20.3 Å². The van der Waals surface area contributed by atoms with Crippen LogP contribution in [0.5, 0.6) is 0 Å². The molecule has 130 valence electrons. The lowest BCUT2D eigenvalue weighted by Gasteiger charge is -2.06. The number of nitriles is 1. The molecular weight excluding hydrogens is 362 g/mol. The maximum absolute atomic E-state index is 9.51. The van der Waals surface area contributed by atoms with Crippen molar-refractivity contribution in [2.75, 3.05) is 5.32 Å². The highest BCUT2D eigenvalue weighted by Crippen LogP contribution is 2.27. The third-order valence-corrected chi connectivity index (χ3v) is 5.20. The van der Waals surface area contributed by atoms with Crippen LogP contribution in [0.15, 0.2) is 54.0 Å². The van der Waals surface area contributed by atoms with Crippen LogP contribution in [-0.4, -0.2) is 4.98 Å². The highest BCUT2D eigenvalue weighted by Gasteiger charge is 2.09. The van der Waals surface area contributed by atoms with Crippen LogP contribution in [0.1, 0.15) is 23.1 Å². The van der Waals surface area contributed by atoms with Crippen molar-refractivity contribution < 1.29 is 0 Å². The van der Waals surface area contributed by atoms with Crippen molar-refractivity contribution in [3.63, 3.8) is 0 Å². The van der Waals surface area contributed by atoms with Gasteiger partial charge in [-0.3, -0.25) is 0 Å². The number of aryl methyl sites for hydroxylation is 2. The van der Waals surface area contributed by atoms with Gasteiger partial charge in [-0.25, -0.2) is 4.98 Å². The Hall–Kier alpha value is -2.61. The van der Waals surface area contributed by atoms with Gasteiger partial charge in [0.25, 0.3) is 0 Å². The summed E-state index contributed by atoms with van der Waals surface area (Å²) in [7, 11) is 0. The molecule has 0 atom stereocenters. The van der Waals surface area contributed by atoms with Crippen molar-refractivity contribution in [3.05, 3.63) is 75.2 Å². The van der Waals surface area contributed by atoms with Gasteiger partial charge in [-0.15, -0.1) is 11.3 Å². The zero-order valence-electron chi connectivity index (χ0n) is 14.6. The second kappa shape index (κ2) is 8.18. The quantitative estimate of drug-likeness (QED) is 0.528. The summed E-state index contributed by atoms with van der Waals surface area (Å²) in [6.45, 7) is 4.12. The molecule has 0 saturated carbocycles. The topological polar surface area (TPSA) is 48.7 Å². The molecule has 1 aromatic heterocycles. The van der Waals surface area contributed by atoms with Crippen LogP contribution >= 0.6 is 22.9 Å². The second-order valence-electron chi connectivity index (χ2n) is 5.86. The van der Waals surface area contributed by atoms with Gasteiger partial charge in [-0.05, 0) is 36.6 Å². The van der Waals surface area contributed by atoms with E-state index in [0.29, 0.717) is 15.6 Å². The number of aromatic nitrogens is 1. The minimum Gasteiger partial charge on any atom is -0.360 e. The molecule has 0 aliphatic carbocycles. The predicted molar refractivity (Wildman–Crippen MR) is 110 cm³/mol. The Morgan fingerprint density at radius 2 is 2.04 bits per heavy atom. The number of anilines is 1. The molecule has 0 unspecified atom stereocenters. The molecule has 0 amide bonds. The molecule has 26 heavy (non-hydrogen) atoms. The van der Waals surface area contributed by atoms with E-state index in [-0.39, 0.29) is 0 Å². The summed E-state index contributed by atoms with van der Waals surface area (Å²) >= 11 is 7.50. The average molecular weight is 380 g/mol. The van der Waals surface area contributed by atoms with Gasteiger partial charge in [0.2, 0.25) is 0 Å². The van der Waals surface area contributed by atoms with Crippen LogP contribution in [0.4, 0.5) is 5.69 Å². The fraction of sp³-hybridized carbons (Fsp3) is 0.143. The van der Waals surface area contributed by atoms with E-state index in [1.54, 1.807) is 6.20 Å². The third kappa shape index (κ3) is 4.13. The minimum absolute atomic E-state index is 0.491. The van der Waals surface area contributed by atoms with Crippen LogP contribution in [0, 0.1) is 18.3 Å². The molecule has 0 saturated heterocycles. The van der Waals surface area contributed by atoms with Crippen molar-refractivity contribution in [2.24, 2.45) is 0 Å². The van der Waals surface area contributed by atoms with E-state index in [1.165, 1.54) is 16.9 Å². The molecule has 3 rings (SSSR count). The smallest absolute Gasteiger partial charge is 0.136 e. The number of nitrogens with zero attached hydrogens (tertiary/aromatic N) is 2. The lowest BCUT2D eigenvalue weighted by Crippen LogP contribution is -1.93. The van der Waals surface area contributed by atoms with Crippen molar-refractivity contribution >= 4 is 34.2 Å². The summed E-state index contributed by atoms with van der Waals surface area (Å²) in [6, 6.07) is 16.2. The summed E-state index contributed by atoms with van der Waals surface area (Å²) in [6.07, 6.45) is 2.69. The largest absolute Gasteiger partial charge is 0.360 e. The average Bonchev–Trinajstić information content (AvgIpc) is 3.15. The molecule has 3 nitrogen and oxygen atoms in total. The van der Waals surface area contributed by atoms with Gasteiger partial charge in [0.1, 0.15) is 16.6 Å². The Morgan fingerprint density at radius 1 is 1.27 bits per heavy atom. The van der Waals surface area contributed by atoms with E-state index in [9.17, 15) is 5.26 Å². The van der Waals surface area contributed by atoms with Gasteiger partial charge in [0.05, 0.1) is 5.69 Å². The standard InChI is InChI=1S/C21H18ClN3S/c1-3-15-5-7-16(8-6-15)20-13-26-21(25-20)17(11-23)12-24-19-10-18(22)9-4-14(19)2/h4-10,12-13,24H,3H2,1-2H3. The minimum atomic E-state index is 0.491. The Kier molecular flexibility index (Phi) is 5.72. The number of nitrogens with one attached hydrogen (secondary N) is 1. The summed E-state index contributed by atoms with van der Waals surface area (Å²) in [5.41, 5.74) is 5.65. The van der Waals surface area contributed by atoms with E-state index < -0.39 is 0 Å². The maximum Gasteiger partial charge on any atom is 0.136 e. The highest BCUT2D eigenvalue weighted by molar-refractivity contribution is 7.11. The fourth-order valence-corrected chi connectivity index (χ4v) is 3.45. The van der Waals surface area contributed by atoms with Gasteiger partial charge in [0, 0.05) is 27.9 Å². The van der Waals surface area contributed by atoms with Crippen LogP contribution < -0.4 is 5.32 Å². The molecule has 1 heterocycles. The Balaban J connectivity index is 1.83. The van der Waals surface area contributed by atoms with Gasteiger partial charge >= 0.3 is 0 Å². The van der Waals surface area contributed by atoms with E-state index in [1.807, 2.05) is 30.5 Å². The first kappa shape index (κ1) is 18.2. The van der Waals surface area contributed by atoms with Gasteiger partial charge < -0.3 is 5.32 Å². The first-order valence-corrected chi connectivity index (χ1v) is 9.54. The number of halogens is 1. The molecule has 0 aliphatic rings. The van der Waals surface area contributed by atoms with E-state index in [4.69, 9.17) is 11.6 Å². The molecule has 5 heteroatoms. The van der Waals surface area contributed by atoms with Crippen molar-refractivity contribution in [1.29, 1.82) is 5.26 Å². The molecule has 3 aromatic rings. The predicted octanol–water partition coefficient (Wildman–Crippen LogP) is 6.31. The number of hydrogen-bond acceptors (Lipinski definition) is 4. The van der Waals surface area contributed by atoms with Crippen LogP contribution in [0.3, 0.4) is 0 Å². The van der Waals surface area contributed by atoms with Gasteiger partial charge in [-0.1, -0.05) is 48.9 Å². The molecular formula is C21H18ClN3S. The van der Waals surface area contributed by atoms with Crippen molar-refractivity contribution in [3.8, 4) is 17.3 Å².